The maximum absolute atomic E-state index is 13.1. The Bertz CT molecular complexity index is 1140. The Balaban J connectivity index is 1.66. The Labute approximate surface area is 199 Å². The van der Waals surface area contributed by atoms with Gasteiger partial charge in [0.05, 0.1) is 6.61 Å². The fourth-order valence-corrected chi connectivity index (χ4v) is 3.27. The quantitative estimate of drug-likeness (QED) is 0.463. The van der Waals surface area contributed by atoms with Crippen LogP contribution in [0.3, 0.4) is 0 Å². The number of hydrogen-bond donors (Lipinski definition) is 2. The summed E-state index contributed by atoms with van der Waals surface area (Å²) in [6.07, 6.45) is -1.17. The number of carbonyl (C=O) groups is 3. The summed E-state index contributed by atoms with van der Waals surface area (Å²) in [7, 11) is 0. The highest BCUT2D eigenvalue weighted by Crippen LogP contribution is 2.23. The third-order valence-corrected chi connectivity index (χ3v) is 5.06. The van der Waals surface area contributed by atoms with E-state index in [1.165, 1.54) is 0 Å². The van der Waals surface area contributed by atoms with Gasteiger partial charge >= 0.3 is 5.97 Å². The summed E-state index contributed by atoms with van der Waals surface area (Å²) in [5.74, 6) is -0.995. The van der Waals surface area contributed by atoms with Gasteiger partial charge < -0.3 is 20.1 Å². The fourth-order valence-electron chi connectivity index (χ4n) is 3.27. The minimum Gasteiger partial charge on any atom is -0.494 e. The first kappa shape index (κ1) is 24.5. The molecule has 0 saturated carbocycles. The van der Waals surface area contributed by atoms with Crippen molar-refractivity contribution >= 4 is 23.5 Å². The lowest BCUT2D eigenvalue weighted by molar-refractivity contribution is -0.153. The first-order valence-corrected chi connectivity index (χ1v) is 11.0. The molecular formula is C27H28N2O5. The van der Waals surface area contributed by atoms with Gasteiger partial charge in [-0.2, -0.15) is 0 Å². The molecule has 3 aromatic rings. The summed E-state index contributed by atoms with van der Waals surface area (Å²) < 4.78 is 10.9. The highest BCUT2D eigenvalue weighted by Gasteiger charge is 2.26. The highest BCUT2D eigenvalue weighted by atomic mass is 16.5. The molecule has 1 atom stereocenters. The van der Waals surface area contributed by atoms with Crippen LogP contribution in [0.4, 0.5) is 5.69 Å². The van der Waals surface area contributed by atoms with Gasteiger partial charge in [0.15, 0.2) is 0 Å². The number of rotatable bonds is 9. The van der Waals surface area contributed by atoms with E-state index in [1.54, 1.807) is 48.5 Å². The molecule has 3 aromatic carbocycles. The normalized spacial score (nSPS) is 11.3. The number of anilines is 1. The van der Waals surface area contributed by atoms with Crippen molar-refractivity contribution < 1.29 is 23.9 Å². The smallest absolute Gasteiger partial charge is 0.326 e. The molecule has 0 heterocycles. The minimum atomic E-state index is -1.17. The van der Waals surface area contributed by atoms with Gasteiger partial charge in [-0.1, -0.05) is 42.5 Å². The molecule has 0 fully saturated rings. The Kier molecular flexibility index (Phi) is 8.40. The first-order chi connectivity index (χ1) is 16.4. The van der Waals surface area contributed by atoms with E-state index in [-0.39, 0.29) is 6.54 Å². The van der Waals surface area contributed by atoms with Crippen molar-refractivity contribution in [1.82, 2.24) is 5.32 Å². The van der Waals surface area contributed by atoms with Gasteiger partial charge in [0.2, 0.25) is 6.10 Å². The van der Waals surface area contributed by atoms with Gasteiger partial charge in [-0.3, -0.25) is 14.4 Å². The Morgan fingerprint density at radius 3 is 2.29 bits per heavy atom. The summed E-state index contributed by atoms with van der Waals surface area (Å²) in [6.45, 7) is 5.83. The fraction of sp³-hybridized carbons (Fsp3) is 0.222. The number of hydrogen-bond acceptors (Lipinski definition) is 5. The molecule has 3 rings (SSSR count). The number of aryl methyl sites for hydroxylation is 2. The molecule has 7 heteroatoms. The zero-order valence-corrected chi connectivity index (χ0v) is 19.5. The molecule has 2 amide bonds. The van der Waals surface area contributed by atoms with E-state index >= 15 is 0 Å². The van der Waals surface area contributed by atoms with Crippen molar-refractivity contribution in [2.24, 2.45) is 0 Å². The van der Waals surface area contributed by atoms with Crippen LogP contribution in [-0.2, 0) is 14.3 Å². The second-order valence-corrected chi connectivity index (χ2v) is 7.73. The van der Waals surface area contributed by atoms with E-state index in [4.69, 9.17) is 9.47 Å². The van der Waals surface area contributed by atoms with Crippen LogP contribution in [0.2, 0.25) is 0 Å². The van der Waals surface area contributed by atoms with E-state index in [1.807, 2.05) is 45.0 Å². The van der Waals surface area contributed by atoms with Crippen LogP contribution in [0, 0.1) is 13.8 Å². The van der Waals surface area contributed by atoms with Gasteiger partial charge in [0.25, 0.3) is 11.8 Å². The summed E-state index contributed by atoms with van der Waals surface area (Å²) in [5.41, 5.74) is 3.43. The second-order valence-electron chi connectivity index (χ2n) is 7.73. The first-order valence-electron chi connectivity index (χ1n) is 11.0. The number of benzene rings is 3. The molecule has 176 valence electrons. The van der Waals surface area contributed by atoms with Gasteiger partial charge in [-0.25, -0.2) is 0 Å². The number of carbonyl (C=O) groups excluding carboxylic acids is 3. The Hall–Kier alpha value is -4.13. The summed E-state index contributed by atoms with van der Waals surface area (Å²) in [4.78, 5) is 38.0. The second kappa shape index (κ2) is 11.7. The van der Waals surface area contributed by atoms with Gasteiger partial charge in [-0.05, 0) is 62.2 Å². The van der Waals surface area contributed by atoms with Crippen molar-refractivity contribution in [3.05, 3.63) is 95.1 Å². The largest absolute Gasteiger partial charge is 0.494 e. The molecule has 0 saturated heterocycles. The SMILES string of the molecule is CCOc1ccc(C(=O)NCC(=O)OC(C(=O)Nc2cc(C)ccc2C)c2ccccc2)cc1. The maximum Gasteiger partial charge on any atom is 0.326 e. The summed E-state index contributed by atoms with van der Waals surface area (Å²) in [5, 5.41) is 5.37. The average Bonchev–Trinajstić information content (AvgIpc) is 2.84. The van der Waals surface area contributed by atoms with Gasteiger partial charge in [0.1, 0.15) is 12.3 Å². The lowest BCUT2D eigenvalue weighted by Crippen LogP contribution is -2.33. The predicted molar refractivity (Wildman–Crippen MR) is 130 cm³/mol. The van der Waals surface area contributed by atoms with Crippen LogP contribution in [-0.4, -0.2) is 30.9 Å². The predicted octanol–water partition coefficient (Wildman–Crippen LogP) is 4.36. The van der Waals surface area contributed by atoms with Gasteiger partial charge in [0, 0.05) is 16.8 Å². The molecule has 34 heavy (non-hydrogen) atoms. The monoisotopic (exact) mass is 460 g/mol. The van der Waals surface area contributed by atoms with Crippen molar-refractivity contribution in [3.63, 3.8) is 0 Å². The molecule has 0 aliphatic heterocycles. The topological polar surface area (TPSA) is 93.7 Å². The molecule has 0 aliphatic carbocycles. The third kappa shape index (κ3) is 6.68. The van der Waals surface area contributed by atoms with Crippen molar-refractivity contribution in [3.8, 4) is 5.75 Å². The third-order valence-electron chi connectivity index (χ3n) is 5.06. The molecule has 0 bridgehead atoms. The standard InChI is InChI=1S/C27H28N2O5/c1-4-33-22-14-12-21(13-15-22)26(31)28-17-24(30)34-25(20-8-6-5-7-9-20)27(32)29-23-16-18(2)10-11-19(23)3/h5-16,25H,4,17H2,1-3H3,(H,28,31)(H,29,32). The molecule has 0 radical (unpaired) electrons. The van der Waals surface area contributed by atoms with Crippen molar-refractivity contribution in [2.45, 2.75) is 26.9 Å². The number of nitrogens with one attached hydrogen (secondary N) is 2. The molecule has 1 unspecified atom stereocenters. The maximum atomic E-state index is 13.1. The summed E-state index contributed by atoms with van der Waals surface area (Å²) >= 11 is 0. The molecule has 2 N–H and O–H groups in total. The van der Waals surface area contributed by atoms with E-state index in [0.717, 1.165) is 11.1 Å². The van der Waals surface area contributed by atoms with Crippen LogP contribution in [0.5, 0.6) is 5.75 Å². The van der Waals surface area contributed by atoms with E-state index in [0.29, 0.717) is 29.2 Å². The Morgan fingerprint density at radius 1 is 0.912 bits per heavy atom. The van der Waals surface area contributed by atoms with Crippen LogP contribution in [0.25, 0.3) is 0 Å². The molecule has 7 nitrogen and oxygen atoms in total. The summed E-state index contributed by atoms with van der Waals surface area (Å²) in [6, 6.07) is 21.0. The van der Waals surface area contributed by atoms with Crippen molar-refractivity contribution in [1.29, 1.82) is 0 Å². The highest BCUT2D eigenvalue weighted by molar-refractivity contribution is 5.98. The zero-order chi connectivity index (χ0) is 24.5. The lowest BCUT2D eigenvalue weighted by atomic mass is 10.1. The van der Waals surface area contributed by atoms with E-state index in [9.17, 15) is 14.4 Å². The molecule has 0 aromatic heterocycles. The van der Waals surface area contributed by atoms with E-state index in [2.05, 4.69) is 10.6 Å². The average molecular weight is 461 g/mol. The molecular weight excluding hydrogens is 432 g/mol. The van der Waals surface area contributed by atoms with Crippen LogP contribution < -0.4 is 15.4 Å². The lowest BCUT2D eigenvalue weighted by Gasteiger charge is -2.19. The number of esters is 1. The Morgan fingerprint density at radius 2 is 1.62 bits per heavy atom. The van der Waals surface area contributed by atoms with Crippen LogP contribution >= 0.6 is 0 Å². The minimum absolute atomic E-state index is 0.378. The molecule has 0 spiro atoms. The number of amides is 2. The number of ether oxygens (including phenoxy) is 2. The van der Waals surface area contributed by atoms with Crippen LogP contribution in [0.1, 0.15) is 40.1 Å². The van der Waals surface area contributed by atoms with Crippen molar-refractivity contribution in [2.75, 3.05) is 18.5 Å². The van der Waals surface area contributed by atoms with E-state index < -0.39 is 23.9 Å². The molecule has 0 aliphatic rings. The zero-order valence-electron chi connectivity index (χ0n) is 19.5. The van der Waals surface area contributed by atoms with Gasteiger partial charge in [-0.15, -0.1) is 0 Å². The van der Waals surface area contributed by atoms with Crippen LogP contribution in [0.15, 0.2) is 72.8 Å².